The summed E-state index contributed by atoms with van der Waals surface area (Å²) in [5, 5.41) is 4.40. The van der Waals surface area contributed by atoms with Crippen LogP contribution in [0.1, 0.15) is 30.7 Å². The van der Waals surface area contributed by atoms with Gasteiger partial charge in [-0.15, -0.1) is 0 Å². The lowest BCUT2D eigenvalue weighted by atomic mass is 9.95. The molecule has 0 radical (unpaired) electrons. The van der Waals surface area contributed by atoms with Gasteiger partial charge in [0.25, 0.3) is 0 Å². The van der Waals surface area contributed by atoms with E-state index in [1.165, 1.54) is 12.8 Å². The smallest absolute Gasteiger partial charge is 0.240 e. The van der Waals surface area contributed by atoms with E-state index >= 15 is 0 Å². The van der Waals surface area contributed by atoms with E-state index in [1.807, 2.05) is 30.3 Å². The molecule has 1 aliphatic carbocycles. The van der Waals surface area contributed by atoms with Crippen LogP contribution < -0.4 is 5.43 Å². The SMILES string of the molecule is O=C1CC(C2CC2)C(N2CCc3nc(-c4ccccc4)oc3C2)=NN1. The summed E-state index contributed by atoms with van der Waals surface area (Å²) in [7, 11) is 0. The third-order valence-electron chi connectivity index (χ3n) is 5.30. The van der Waals surface area contributed by atoms with Crippen molar-refractivity contribution in [3.8, 4) is 11.5 Å². The van der Waals surface area contributed by atoms with Crippen LogP contribution in [0.5, 0.6) is 0 Å². The third kappa shape index (κ3) is 2.71. The monoisotopic (exact) mass is 336 g/mol. The molecule has 25 heavy (non-hydrogen) atoms. The Bertz CT molecular complexity index is 838. The van der Waals surface area contributed by atoms with E-state index in [9.17, 15) is 4.79 Å². The van der Waals surface area contributed by atoms with Crippen molar-refractivity contribution in [3.63, 3.8) is 0 Å². The summed E-state index contributed by atoms with van der Waals surface area (Å²) >= 11 is 0. The minimum Gasteiger partial charge on any atom is -0.439 e. The maximum Gasteiger partial charge on any atom is 0.240 e. The largest absolute Gasteiger partial charge is 0.439 e. The van der Waals surface area contributed by atoms with Gasteiger partial charge >= 0.3 is 0 Å². The van der Waals surface area contributed by atoms with E-state index in [4.69, 9.17) is 4.42 Å². The van der Waals surface area contributed by atoms with Gasteiger partial charge in [0.15, 0.2) is 0 Å². The molecule has 3 aliphatic rings. The van der Waals surface area contributed by atoms with Crippen LogP contribution >= 0.6 is 0 Å². The van der Waals surface area contributed by atoms with Crippen LogP contribution in [0.15, 0.2) is 39.9 Å². The first-order valence-corrected chi connectivity index (χ1v) is 8.93. The van der Waals surface area contributed by atoms with Crippen molar-refractivity contribution in [2.75, 3.05) is 6.54 Å². The zero-order valence-electron chi connectivity index (χ0n) is 13.9. The van der Waals surface area contributed by atoms with Crippen LogP contribution in [-0.2, 0) is 17.8 Å². The fraction of sp³-hybridized carbons (Fsp3) is 0.421. The van der Waals surface area contributed by atoms with Gasteiger partial charge in [-0.05, 0) is 30.9 Å². The summed E-state index contributed by atoms with van der Waals surface area (Å²) < 4.78 is 6.05. The van der Waals surface area contributed by atoms with Gasteiger partial charge in [0.05, 0.1) is 12.2 Å². The van der Waals surface area contributed by atoms with Crippen LogP contribution in [0.4, 0.5) is 0 Å². The van der Waals surface area contributed by atoms with Crippen molar-refractivity contribution in [1.29, 1.82) is 0 Å². The number of rotatable bonds is 2. The Morgan fingerprint density at radius 1 is 1.20 bits per heavy atom. The number of hydrazone groups is 1. The van der Waals surface area contributed by atoms with Crippen molar-refractivity contribution in [3.05, 3.63) is 41.8 Å². The number of carbonyl (C=O) groups excluding carboxylic acids is 1. The maximum absolute atomic E-state index is 11.7. The van der Waals surface area contributed by atoms with Crippen molar-refractivity contribution in [2.45, 2.75) is 32.2 Å². The molecule has 1 fully saturated rings. The molecular weight excluding hydrogens is 316 g/mol. The van der Waals surface area contributed by atoms with Gasteiger partial charge in [-0.2, -0.15) is 5.10 Å². The van der Waals surface area contributed by atoms with Gasteiger partial charge in [-0.25, -0.2) is 10.4 Å². The number of nitrogens with one attached hydrogen (secondary N) is 1. The molecule has 1 atom stereocenters. The van der Waals surface area contributed by atoms with E-state index in [0.717, 1.165) is 35.8 Å². The maximum atomic E-state index is 11.7. The number of amidine groups is 1. The molecule has 1 unspecified atom stereocenters. The Kier molecular flexibility index (Phi) is 3.36. The van der Waals surface area contributed by atoms with Crippen molar-refractivity contribution < 1.29 is 9.21 Å². The molecule has 2 aliphatic heterocycles. The van der Waals surface area contributed by atoms with Crippen molar-refractivity contribution in [2.24, 2.45) is 16.9 Å². The molecule has 0 spiro atoms. The average Bonchev–Trinajstić information content (AvgIpc) is 3.41. The van der Waals surface area contributed by atoms with Crippen LogP contribution in [-0.4, -0.2) is 28.2 Å². The van der Waals surface area contributed by atoms with Crippen molar-refractivity contribution >= 4 is 11.7 Å². The summed E-state index contributed by atoms with van der Waals surface area (Å²) in [6.07, 6.45) is 3.81. The van der Waals surface area contributed by atoms with Crippen LogP contribution in [0.2, 0.25) is 0 Å². The van der Waals surface area contributed by atoms with E-state index in [2.05, 4.69) is 20.4 Å². The lowest BCUT2D eigenvalue weighted by molar-refractivity contribution is -0.122. The minimum atomic E-state index is 0.0318. The second-order valence-corrected chi connectivity index (χ2v) is 7.08. The number of benzene rings is 1. The number of nitrogens with zero attached hydrogens (tertiary/aromatic N) is 3. The fourth-order valence-corrected chi connectivity index (χ4v) is 3.82. The summed E-state index contributed by atoms with van der Waals surface area (Å²) in [6.45, 7) is 1.54. The molecule has 3 heterocycles. The first kappa shape index (κ1) is 14.7. The standard InChI is InChI=1S/C19H20N4O2/c24-17-10-14(12-6-7-12)18(22-21-17)23-9-8-15-16(11-23)25-19(20-15)13-4-2-1-3-5-13/h1-5,12,14H,6-11H2,(H,21,24). The zero-order valence-corrected chi connectivity index (χ0v) is 13.9. The summed E-state index contributed by atoms with van der Waals surface area (Å²) in [5.41, 5.74) is 4.70. The fourth-order valence-electron chi connectivity index (χ4n) is 3.82. The van der Waals surface area contributed by atoms with Gasteiger partial charge in [0.1, 0.15) is 11.6 Å². The quantitative estimate of drug-likeness (QED) is 0.915. The molecule has 5 rings (SSSR count). The Morgan fingerprint density at radius 3 is 2.84 bits per heavy atom. The van der Waals surface area contributed by atoms with E-state index in [1.54, 1.807) is 0 Å². The molecule has 1 amide bonds. The first-order valence-electron chi connectivity index (χ1n) is 8.93. The van der Waals surface area contributed by atoms with E-state index in [-0.39, 0.29) is 11.8 Å². The highest BCUT2D eigenvalue weighted by Gasteiger charge is 2.41. The number of amides is 1. The highest BCUT2D eigenvalue weighted by atomic mass is 16.4. The topological polar surface area (TPSA) is 70.7 Å². The Hall–Kier alpha value is -2.63. The molecule has 1 saturated carbocycles. The zero-order chi connectivity index (χ0) is 16.8. The number of hydrogen-bond donors (Lipinski definition) is 1. The van der Waals surface area contributed by atoms with Gasteiger partial charge in [0.2, 0.25) is 11.8 Å². The number of aromatic nitrogens is 1. The van der Waals surface area contributed by atoms with E-state index in [0.29, 0.717) is 24.8 Å². The number of hydrogen-bond acceptors (Lipinski definition) is 5. The van der Waals surface area contributed by atoms with Crippen LogP contribution in [0, 0.1) is 11.8 Å². The second kappa shape index (κ2) is 5.72. The predicted octanol–water partition coefficient (Wildman–Crippen LogP) is 2.56. The molecule has 1 N–H and O–H groups in total. The van der Waals surface area contributed by atoms with Crippen LogP contribution in [0.25, 0.3) is 11.5 Å². The minimum absolute atomic E-state index is 0.0318. The molecule has 1 aromatic carbocycles. The molecule has 0 saturated heterocycles. The van der Waals surface area contributed by atoms with E-state index < -0.39 is 0 Å². The van der Waals surface area contributed by atoms with Gasteiger partial charge in [0, 0.05) is 30.9 Å². The molecule has 0 bridgehead atoms. The van der Waals surface area contributed by atoms with Crippen molar-refractivity contribution in [1.82, 2.24) is 15.3 Å². The average molecular weight is 336 g/mol. The second-order valence-electron chi connectivity index (χ2n) is 7.08. The molecule has 6 heteroatoms. The highest BCUT2D eigenvalue weighted by Crippen LogP contribution is 2.41. The lowest BCUT2D eigenvalue weighted by Gasteiger charge is -2.34. The molecule has 128 valence electrons. The Morgan fingerprint density at radius 2 is 2.04 bits per heavy atom. The molecule has 6 nitrogen and oxygen atoms in total. The van der Waals surface area contributed by atoms with Gasteiger partial charge in [-0.3, -0.25) is 4.79 Å². The van der Waals surface area contributed by atoms with Crippen LogP contribution in [0.3, 0.4) is 0 Å². The third-order valence-corrected chi connectivity index (χ3v) is 5.30. The number of fused-ring (bicyclic) bond motifs is 1. The number of oxazole rings is 1. The Labute approximate surface area is 145 Å². The molecular formula is C19H20N4O2. The summed E-state index contributed by atoms with van der Waals surface area (Å²) in [5.74, 6) is 3.52. The van der Waals surface area contributed by atoms with Gasteiger partial charge in [-0.1, -0.05) is 18.2 Å². The lowest BCUT2D eigenvalue weighted by Crippen LogP contribution is -2.46. The van der Waals surface area contributed by atoms with Gasteiger partial charge < -0.3 is 9.32 Å². The molecule has 1 aromatic heterocycles. The Balaban J connectivity index is 1.40. The molecule has 2 aromatic rings. The highest BCUT2D eigenvalue weighted by molar-refractivity contribution is 5.93. The first-order chi connectivity index (χ1) is 12.3. The normalized spacial score (nSPS) is 23.0. The predicted molar refractivity (Wildman–Crippen MR) is 92.5 cm³/mol. The number of carbonyl (C=O) groups is 1. The summed E-state index contributed by atoms with van der Waals surface area (Å²) in [4.78, 5) is 18.7. The summed E-state index contributed by atoms with van der Waals surface area (Å²) in [6, 6.07) is 9.99.